The van der Waals surface area contributed by atoms with Gasteiger partial charge in [0, 0.05) is 13.0 Å². The largest absolute Gasteiger partial charge is 0.487 e. The Morgan fingerprint density at radius 1 is 1.50 bits per heavy atom. The number of amides is 1. The molecule has 0 bridgehead atoms. The summed E-state index contributed by atoms with van der Waals surface area (Å²) in [6.07, 6.45) is -0.345. The summed E-state index contributed by atoms with van der Waals surface area (Å²) in [5.41, 5.74) is 0. The average molecular weight is 304 g/mol. The van der Waals surface area contributed by atoms with Gasteiger partial charge in [-0.05, 0) is 19.1 Å². The number of hydrogen-bond donors (Lipinski definition) is 0. The molecule has 1 atom stereocenters. The van der Waals surface area contributed by atoms with Crippen LogP contribution in [-0.2, 0) is 4.79 Å². The van der Waals surface area contributed by atoms with Gasteiger partial charge in [-0.1, -0.05) is 23.7 Å². The summed E-state index contributed by atoms with van der Waals surface area (Å²) < 4.78 is 31.4. The van der Waals surface area contributed by atoms with Crippen LogP contribution in [0.5, 0.6) is 5.75 Å². The van der Waals surface area contributed by atoms with E-state index in [4.69, 9.17) is 16.3 Å². The molecule has 1 saturated heterocycles. The van der Waals surface area contributed by atoms with Crippen molar-refractivity contribution in [2.75, 3.05) is 13.1 Å². The Labute approximate surface area is 121 Å². The minimum Gasteiger partial charge on any atom is -0.487 e. The lowest BCUT2D eigenvalue weighted by Gasteiger charge is -2.19. The Balaban J connectivity index is 1.90. The number of carbonyl (C=O) groups excluding carboxylic acids is 1. The number of halogens is 3. The van der Waals surface area contributed by atoms with Gasteiger partial charge in [-0.25, -0.2) is 8.78 Å². The maximum Gasteiger partial charge on any atom is 0.254 e. The molecule has 1 aromatic rings. The second-order valence-electron chi connectivity index (χ2n) is 5.05. The Hall–Kier alpha value is -1.36. The highest BCUT2D eigenvalue weighted by molar-refractivity contribution is 6.32. The smallest absolute Gasteiger partial charge is 0.254 e. The van der Waals surface area contributed by atoms with Crippen LogP contribution in [0, 0.1) is 0 Å². The number of hydrogen-bond acceptors (Lipinski definition) is 2. The minimum absolute atomic E-state index is 0.204. The number of benzene rings is 1. The third-order valence-electron chi connectivity index (χ3n) is 3.09. The van der Waals surface area contributed by atoms with Gasteiger partial charge in [0.25, 0.3) is 5.92 Å². The van der Waals surface area contributed by atoms with Gasteiger partial charge in [-0.3, -0.25) is 4.79 Å². The maximum atomic E-state index is 12.8. The van der Waals surface area contributed by atoms with E-state index in [1.807, 2.05) is 0 Å². The molecule has 1 aromatic carbocycles. The van der Waals surface area contributed by atoms with Crippen molar-refractivity contribution in [3.05, 3.63) is 29.3 Å². The zero-order valence-electron chi connectivity index (χ0n) is 11.1. The third kappa shape index (κ3) is 4.07. The van der Waals surface area contributed by atoms with Crippen LogP contribution in [0.1, 0.15) is 19.8 Å². The van der Waals surface area contributed by atoms with Gasteiger partial charge in [0.15, 0.2) is 0 Å². The first-order valence-electron chi connectivity index (χ1n) is 6.42. The Morgan fingerprint density at radius 2 is 2.20 bits per heavy atom. The van der Waals surface area contributed by atoms with Gasteiger partial charge in [0.1, 0.15) is 11.9 Å². The fourth-order valence-electron chi connectivity index (χ4n) is 2.15. The van der Waals surface area contributed by atoms with Gasteiger partial charge in [-0.2, -0.15) is 0 Å². The highest BCUT2D eigenvalue weighted by Gasteiger charge is 2.33. The van der Waals surface area contributed by atoms with Gasteiger partial charge in [-0.15, -0.1) is 0 Å². The first kappa shape index (κ1) is 15.0. The zero-order valence-corrected chi connectivity index (χ0v) is 11.9. The molecule has 0 radical (unpaired) electrons. The van der Waals surface area contributed by atoms with E-state index in [1.165, 1.54) is 4.90 Å². The standard InChI is InChI=1S/C14H16ClF2NO2/c1-14(16,17)8-13(19)18-7-6-10(9-18)20-12-5-3-2-4-11(12)15/h2-5,10H,6-9H2,1H3. The summed E-state index contributed by atoms with van der Waals surface area (Å²) in [5.74, 6) is -2.96. The Morgan fingerprint density at radius 3 is 2.85 bits per heavy atom. The van der Waals surface area contributed by atoms with Crippen molar-refractivity contribution in [3.63, 3.8) is 0 Å². The molecule has 0 saturated carbocycles. The van der Waals surface area contributed by atoms with Crippen molar-refractivity contribution >= 4 is 17.5 Å². The highest BCUT2D eigenvalue weighted by Crippen LogP contribution is 2.27. The van der Waals surface area contributed by atoms with Crippen molar-refractivity contribution in [1.29, 1.82) is 0 Å². The number of rotatable bonds is 4. The summed E-state index contributed by atoms with van der Waals surface area (Å²) in [6.45, 7) is 1.50. The average Bonchev–Trinajstić information content (AvgIpc) is 2.79. The van der Waals surface area contributed by atoms with Crippen LogP contribution < -0.4 is 4.74 Å². The minimum atomic E-state index is -2.97. The molecule has 0 N–H and O–H groups in total. The molecule has 1 heterocycles. The predicted molar refractivity (Wildman–Crippen MR) is 72.3 cm³/mol. The molecular formula is C14H16ClF2NO2. The number of alkyl halides is 2. The fourth-order valence-corrected chi connectivity index (χ4v) is 2.33. The van der Waals surface area contributed by atoms with Crippen LogP contribution in [0.15, 0.2) is 24.3 Å². The molecule has 6 heteroatoms. The van der Waals surface area contributed by atoms with E-state index in [0.717, 1.165) is 6.92 Å². The van der Waals surface area contributed by atoms with E-state index in [0.29, 0.717) is 30.3 Å². The van der Waals surface area contributed by atoms with Gasteiger partial charge >= 0.3 is 0 Å². The van der Waals surface area contributed by atoms with Crippen molar-refractivity contribution in [1.82, 2.24) is 4.90 Å². The van der Waals surface area contributed by atoms with Gasteiger partial charge in [0.2, 0.25) is 5.91 Å². The SMILES string of the molecule is CC(F)(F)CC(=O)N1CCC(Oc2ccccc2Cl)C1. The molecular weight excluding hydrogens is 288 g/mol. The molecule has 0 spiro atoms. The molecule has 1 unspecified atom stereocenters. The molecule has 1 aliphatic rings. The zero-order chi connectivity index (χ0) is 14.8. The number of para-hydroxylation sites is 1. The Kier molecular flexibility index (Phi) is 4.48. The number of ether oxygens (including phenoxy) is 1. The molecule has 2 rings (SSSR count). The lowest BCUT2D eigenvalue weighted by Crippen LogP contribution is -2.34. The molecule has 3 nitrogen and oxygen atoms in total. The topological polar surface area (TPSA) is 29.5 Å². The third-order valence-corrected chi connectivity index (χ3v) is 3.40. The van der Waals surface area contributed by atoms with Gasteiger partial charge in [0.05, 0.1) is 18.0 Å². The van der Waals surface area contributed by atoms with E-state index in [2.05, 4.69) is 0 Å². The normalized spacial score (nSPS) is 19.2. The lowest BCUT2D eigenvalue weighted by atomic mass is 10.2. The van der Waals surface area contributed by atoms with Gasteiger partial charge < -0.3 is 9.64 Å². The fraction of sp³-hybridized carbons (Fsp3) is 0.500. The van der Waals surface area contributed by atoms with Crippen LogP contribution in [0.3, 0.4) is 0 Å². The van der Waals surface area contributed by atoms with Crippen molar-refractivity contribution in [2.45, 2.75) is 31.8 Å². The maximum absolute atomic E-state index is 12.8. The van der Waals surface area contributed by atoms with E-state index >= 15 is 0 Å². The number of likely N-dealkylation sites (tertiary alicyclic amines) is 1. The predicted octanol–water partition coefficient (Wildman–Crippen LogP) is 3.37. The van der Waals surface area contributed by atoms with Crippen molar-refractivity contribution in [3.8, 4) is 5.75 Å². The molecule has 0 aliphatic carbocycles. The molecule has 1 amide bonds. The molecule has 110 valence electrons. The second kappa shape index (κ2) is 5.95. The van der Waals surface area contributed by atoms with Crippen LogP contribution in [0.2, 0.25) is 5.02 Å². The van der Waals surface area contributed by atoms with Crippen LogP contribution in [0.25, 0.3) is 0 Å². The summed E-state index contributed by atoms with van der Waals surface area (Å²) in [4.78, 5) is 13.1. The second-order valence-corrected chi connectivity index (χ2v) is 5.45. The van der Waals surface area contributed by atoms with Crippen LogP contribution >= 0.6 is 11.6 Å². The first-order valence-corrected chi connectivity index (χ1v) is 6.80. The summed E-state index contributed by atoms with van der Waals surface area (Å²) in [7, 11) is 0. The van der Waals surface area contributed by atoms with E-state index in [1.54, 1.807) is 24.3 Å². The summed E-state index contributed by atoms with van der Waals surface area (Å²) in [5, 5.41) is 0.498. The van der Waals surface area contributed by atoms with Crippen LogP contribution in [0.4, 0.5) is 8.78 Å². The molecule has 1 aliphatic heterocycles. The number of carbonyl (C=O) groups is 1. The molecule has 0 aromatic heterocycles. The lowest BCUT2D eigenvalue weighted by molar-refractivity contribution is -0.136. The number of nitrogens with zero attached hydrogens (tertiary/aromatic N) is 1. The van der Waals surface area contributed by atoms with Crippen LogP contribution in [-0.4, -0.2) is 35.9 Å². The molecule has 20 heavy (non-hydrogen) atoms. The summed E-state index contributed by atoms with van der Waals surface area (Å²) in [6, 6.07) is 7.05. The van der Waals surface area contributed by atoms with Crippen molar-refractivity contribution < 1.29 is 18.3 Å². The quantitative estimate of drug-likeness (QED) is 0.853. The summed E-state index contributed by atoms with van der Waals surface area (Å²) >= 11 is 5.98. The van der Waals surface area contributed by atoms with E-state index < -0.39 is 18.3 Å². The van der Waals surface area contributed by atoms with E-state index in [9.17, 15) is 13.6 Å². The first-order chi connectivity index (χ1) is 9.35. The monoisotopic (exact) mass is 303 g/mol. The highest BCUT2D eigenvalue weighted by atomic mass is 35.5. The molecule has 1 fully saturated rings. The van der Waals surface area contributed by atoms with E-state index in [-0.39, 0.29) is 6.10 Å². The Bertz CT molecular complexity index is 490. The van der Waals surface area contributed by atoms with Crippen molar-refractivity contribution in [2.24, 2.45) is 0 Å².